The molecule has 0 aliphatic carbocycles. The number of nitrogens with one attached hydrogen (secondary N) is 1. The van der Waals surface area contributed by atoms with E-state index in [1.165, 1.54) is 6.92 Å². The van der Waals surface area contributed by atoms with Gasteiger partial charge in [-0.1, -0.05) is 23.7 Å². The summed E-state index contributed by atoms with van der Waals surface area (Å²) in [5.41, 5.74) is 2.79. The third-order valence-corrected chi connectivity index (χ3v) is 4.11. The number of carbonyl (C=O) groups excluding carboxylic acids is 1. The molecule has 0 saturated carbocycles. The molecule has 26 heavy (non-hydrogen) atoms. The molecular formula is C20H19ClN2O3. The van der Waals surface area contributed by atoms with Crippen LogP contribution >= 0.6 is 11.6 Å². The topological polar surface area (TPSA) is 64.2 Å². The molecule has 134 valence electrons. The minimum absolute atomic E-state index is 0.0757. The van der Waals surface area contributed by atoms with Crippen molar-refractivity contribution in [2.75, 3.05) is 20.3 Å². The van der Waals surface area contributed by atoms with Crippen LogP contribution in [0.2, 0.25) is 5.02 Å². The SMILES string of the molecule is COCCOc1ccc(-c2nc(-c3ccc(Cl)cc3)c(C(C)=O)[nH]2)cc1. The van der Waals surface area contributed by atoms with Crippen molar-refractivity contribution in [3.05, 3.63) is 59.2 Å². The summed E-state index contributed by atoms with van der Waals surface area (Å²) in [7, 11) is 1.63. The quantitative estimate of drug-likeness (QED) is 0.486. The van der Waals surface area contributed by atoms with Gasteiger partial charge >= 0.3 is 0 Å². The van der Waals surface area contributed by atoms with Crippen LogP contribution in [0.25, 0.3) is 22.6 Å². The van der Waals surface area contributed by atoms with E-state index in [2.05, 4.69) is 9.97 Å². The summed E-state index contributed by atoms with van der Waals surface area (Å²) >= 11 is 5.95. The predicted octanol–water partition coefficient (Wildman–Crippen LogP) is 4.62. The summed E-state index contributed by atoms with van der Waals surface area (Å²) in [5, 5.41) is 0.637. The summed E-state index contributed by atoms with van der Waals surface area (Å²) in [6, 6.07) is 14.8. The first-order valence-electron chi connectivity index (χ1n) is 8.17. The van der Waals surface area contributed by atoms with Gasteiger partial charge in [0.25, 0.3) is 0 Å². The first kappa shape index (κ1) is 18.2. The van der Waals surface area contributed by atoms with Crippen LogP contribution in [0.5, 0.6) is 5.75 Å². The number of halogens is 1. The third-order valence-electron chi connectivity index (χ3n) is 3.86. The lowest BCUT2D eigenvalue weighted by molar-refractivity contribution is 0.101. The third kappa shape index (κ3) is 4.12. The van der Waals surface area contributed by atoms with Crippen LogP contribution in [0.15, 0.2) is 48.5 Å². The molecule has 5 nitrogen and oxygen atoms in total. The van der Waals surface area contributed by atoms with Gasteiger partial charge in [-0.2, -0.15) is 0 Å². The number of ether oxygens (including phenoxy) is 2. The lowest BCUT2D eigenvalue weighted by Crippen LogP contribution is -2.03. The molecule has 1 aromatic heterocycles. The van der Waals surface area contributed by atoms with Crippen molar-refractivity contribution in [3.63, 3.8) is 0 Å². The Morgan fingerprint density at radius 2 is 1.69 bits per heavy atom. The van der Waals surface area contributed by atoms with Crippen molar-refractivity contribution >= 4 is 17.4 Å². The monoisotopic (exact) mass is 370 g/mol. The highest BCUT2D eigenvalue weighted by Crippen LogP contribution is 2.28. The number of Topliss-reactive ketones (excluding diaryl/α,β-unsaturated/α-hetero) is 1. The summed E-state index contributed by atoms with van der Waals surface area (Å²) in [6.07, 6.45) is 0. The van der Waals surface area contributed by atoms with Crippen LogP contribution in [0.3, 0.4) is 0 Å². The van der Waals surface area contributed by atoms with Crippen LogP contribution in [0.1, 0.15) is 17.4 Å². The molecule has 6 heteroatoms. The number of hydrogen-bond acceptors (Lipinski definition) is 4. The first-order valence-corrected chi connectivity index (χ1v) is 8.55. The zero-order valence-electron chi connectivity index (χ0n) is 14.6. The second-order valence-electron chi connectivity index (χ2n) is 5.74. The maximum atomic E-state index is 12.0. The van der Waals surface area contributed by atoms with Crippen molar-refractivity contribution in [1.29, 1.82) is 0 Å². The van der Waals surface area contributed by atoms with Crippen LogP contribution < -0.4 is 4.74 Å². The highest BCUT2D eigenvalue weighted by Gasteiger charge is 2.16. The Morgan fingerprint density at radius 3 is 2.31 bits per heavy atom. The van der Waals surface area contributed by atoms with E-state index in [0.29, 0.717) is 35.4 Å². The fourth-order valence-electron chi connectivity index (χ4n) is 2.53. The molecule has 0 spiro atoms. The molecule has 3 rings (SSSR count). The van der Waals surface area contributed by atoms with E-state index in [1.807, 2.05) is 36.4 Å². The minimum Gasteiger partial charge on any atom is -0.491 e. The fourth-order valence-corrected chi connectivity index (χ4v) is 2.66. The lowest BCUT2D eigenvalue weighted by atomic mass is 10.1. The zero-order valence-corrected chi connectivity index (χ0v) is 15.3. The number of methoxy groups -OCH3 is 1. The Kier molecular flexibility index (Phi) is 5.71. The molecule has 0 unspecified atom stereocenters. The standard InChI is InChI=1S/C20H19ClN2O3/c1-13(24)18-19(14-3-7-16(21)8-4-14)23-20(22-18)15-5-9-17(10-6-15)26-12-11-25-2/h3-10H,11-12H2,1-2H3,(H,22,23). The number of H-pyrrole nitrogens is 1. The van der Waals surface area contributed by atoms with Gasteiger partial charge in [-0.05, 0) is 36.4 Å². The van der Waals surface area contributed by atoms with Gasteiger partial charge in [0.1, 0.15) is 23.9 Å². The average Bonchev–Trinajstić information content (AvgIpc) is 3.09. The van der Waals surface area contributed by atoms with Crippen LogP contribution in [-0.4, -0.2) is 36.1 Å². The number of imidazole rings is 1. The highest BCUT2D eigenvalue weighted by molar-refractivity contribution is 6.30. The largest absolute Gasteiger partial charge is 0.491 e. The van der Waals surface area contributed by atoms with Crippen molar-refractivity contribution in [2.24, 2.45) is 0 Å². The van der Waals surface area contributed by atoms with Crippen molar-refractivity contribution in [3.8, 4) is 28.4 Å². The number of hydrogen-bond donors (Lipinski definition) is 1. The second kappa shape index (κ2) is 8.17. The molecule has 2 aromatic carbocycles. The smallest absolute Gasteiger partial charge is 0.178 e. The number of ketones is 1. The van der Waals surface area contributed by atoms with Crippen LogP contribution in [-0.2, 0) is 4.74 Å². The number of rotatable bonds is 7. The number of aromatic nitrogens is 2. The molecule has 1 N–H and O–H groups in total. The Labute approximate surface area is 156 Å². The van der Waals surface area contributed by atoms with E-state index in [9.17, 15) is 4.79 Å². The Hall–Kier alpha value is -2.63. The fraction of sp³-hybridized carbons (Fsp3) is 0.200. The summed E-state index contributed by atoms with van der Waals surface area (Å²) in [4.78, 5) is 19.8. The molecule has 0 amide bonds. The average molecular weight is 371 g/mol. The van der Waals surface area contributed by atoms with Gasteiger partial charge in [0.15, 0.2) is 5.78 Å². The second-order valence-corrected chi connectivity index (χ2v) is 6.17. The van der Waals surface area contributed by atoms with Gasteiger partial charge < -0.3 is 14.5 Å². The van der Waals surface area contributed by atoms with Crippen LogP contribution in [0, 0.1) is 0 Å². The minimum atomic E-state index is -0.0757. The summed E-state index contributed by atoms with van der Waals surface area (Å²) in [5.74, 6) is 1.30. The van der Waals surface area contributed by atoms with Gasteiger partial charge in [0.05, 0.1) is 12.3 Å². The lowest BCUT2D eigenvalue weighted by Gasteiger charge is -2.05. The molecule has 0 radical (unpaired) electrons. The van der Waals surface area contributed by atoms with E-state index >= 15 is 0 Å². The highest BCUT2D eigenvalue weighted by atomic mass is 35.5. The maximum Gasteiger partial charge on any atom is 0.178 e. The Bertz CT molecular complexity index is 886. The molecule has 0 aliphatic heterocycles. The van der Waals surface area contributed by atoms with E-state index in [4.69, 9.17) is 21.1 Å². The molecular weight excluding hydrogens is 352 g/mol. The van der Waals surface area contributed by atoms with Gasteiger partial charge in [0, 0.05) is 30.2 Å². The summed E-state index contributed by atoms with van der Waals surface area (Å²) < 4.78 is 10.5. The van der Waals surface area contributed by atoms with Crippen molar-refractivity contribution in [1.82, 2.24) is 9.97 Å². The molecule has 3 aromatic rings. The zero-order chi connectivity index (χ0) is 18.5. The van der Waals surface area contributed by atoms with Crippen molar-refractivity contribution < 1.29 is 14.3 Å². The molecule has 0 fully saturated rings. The van der Waals surface area contributed by atoms with Gasteiger partial charge in [-0.3, -0.25) is 4.79 Å². The number of nitrogens with zero attached hydrogens (tertiary/aromatic N) is 1. The molecule has 0 aliphatic rings. The molecule has 0 saturated heterocycles. The molecule has 1 heterocycles. The maximum absolute atomic E-state index is 12.0. The van der Waals surface area contributed by atoms with Gasteiger partial charge in [-0.25, -0.2) is 4.98 Å². The molecule has 0 atom stereocenters. The normalized spacial score (nSPS) is 10.7. The van der Waals surface area contributed by atoms with E-state index < -0.39 is 0 Å². The summed E-state index contributed by atoms with van der Waals surface area (Å²) in [6.45, 7) is 2.54. The Balaban J connectivity index is 1.90. The van der Waals surface area contributed by atoms with Crippen molar-refractivity contribution in [2.45, 2.75) is 6.92 Å². The van der Waals surface area contributed by atoms with Gasteiger partial charge in [0.2, 0.25) is 0 Å². The Morgan fingerprint density at radius 1 is 1.04 bits per heavy atom. The van der Waals surface area contributed by atoms with Gasteiger partial charge in [-0.15, -0.1) is 0 Å². The first-order chi connectivity index (χ1) is 12.6. The van der Waals surface area contributed by atoms with E-state index in [-0.39, 0.29) is 5.78 Å². The van der Waals surface area contributed by atoms with E-state index in [1.54, 1.807) is 19.2 Å². The number of benzene rings is 2. The number of carbonyl (C=O) groups is 1. The predicted molar refractivity (Wildman–Crippen MR) is 102 cm³/mol. The van der Waals surface area contributed by atoms with Crippen LogP contribution in [0.4, 0.5) is 0 Å². The number of aromatic amines is 1. The van der Waals surface area contributed by atoms with E-state index in [0.717, 1.165) is 16.9 Å². The molecule has 0 bridgehead atoms.